The summed E-state index contributed by atoms with van der Waals surface area (Å²) >= 11 is 0.930. The summed E-state index contributed by atoms with van der Waals surface area (Å²) in [4.78, 5) is 22.3. The van der Waals surface area contributed by atoms with Crippen molar-refractivity contribution in [3.63, 3.8) is 0 Å². The van der Waals surface area contributed by atoms with E-state index in [0.717, 1.165) is 17.8 Å². The fourth-order valence-corrected chi connectivity index (χ4v) is 2.25. The van der Waals surface area contributed by atoms with Crippen molar-refractivity contribution >= 4 is 23.6 Å². The Bertz CT molecular complexity index is 692. The molecular formula is C13H10FN3O3S. The van der Waals surface area contributed by atoms with Crippen LogP contribution >= 0.6 is 11.8 Å². The van der Waals surface area contributed by atoms with Gasteiger partial charge >= 0.3 is 5.97 Å². The van der Waals surface area contributed by atoms with Gasteiger partial charge in [-0.1, -0.05) is 11.8 Å². The summed E-state index contributed by atoms with van der Waals surface area (Å²) in [6.45, 7) is 0. The number of halogens is 1. The average molecular weight is 307 g/mol. The molecule has 0 aliphatic rings. The maximum atomic E-state index is 13.7. The molecule has 8 heteroatoms. The molecule has 2 aromatic rings. The minimum atomic E-state index is -1.14. The van der Waals surface area contributed by atoms with Crippen molar-refractivity contribution in [1.29, 1.82) is 0 Å². The summed E-state index contributed by atoms with van der Waals surface area (Å²) in [6, 6.07) is 6.44. The van der Waals surface area contributed by atoms with Gasteiger partial charge in [0.05, 0.1) is 10.5 Å². The summed E-state index contributed by atoms with van der Waals surface area (Å²) in [6.07, 6.45) is 0. The van der Waals surface area contributed by atoms with E-state index in [9.17, 15) is 14.0 Å². The van der Waals surface area contributed by atoms with Crippen LogP contribution in [0.5, 0.6) is 0 Å². The first-order valence-corrected chi connectivity index (χ1v) is 6.59. The maximum Gasteiger partial charge on any atom is 0.335 e. The molecule has 0 aliphatic carbocycles. The van der Waals surface area contributed by atoms with E-state index in [0.29, 0.717) is 5.03 Å². The molecule has 0 radical (unpaired) electrons. The van der Waals surface area contributed by atoms with Gasteiger partial charge in [-0.3, -0.25) is 4.79 Å². The highest BCUT2D eigenvalue weighted by Crippen LogP contribution is 2.28. The van der Waals surface area contributed by atoms with E-state index in [-0.39, 0.29) is 22.1 Å². The molecule has 1 aromatic heterocycles. The second-order valence-electron chi connectivity index (χ2n) is 3.89. The number of rotatable bonds is 4. The van der Waals surface area contributed by atoms with Gasteiger partial charge in [-0.05, 0) is 30.3 Å². The lowest BCUT2D eigenvalue weighted by Crippen LogP contribution is -2.19. The number of nitrogens with one attached hydrogen (secondary N) is 1. The molecule has 0 saturated carbocycles. The van der Waals surface area contributed by atoms with E-state index < -0.39 is 11.8 Å². The number of carbonyl (C=O) groups is 2. The SMILES string of the molecule is CNC(=O)c1ccc(Sc2cc(C(=O)O)ccc2F)nn1. The summed E-state index contributed by atoms with van der Waals surface area (Å²) in [7, 11) is 1.47. The molecule has 21 heavy (non-hydrogen) atoms. The topological polar surface area (TPSA) is 92.2 Å². The highest BCUT2D eigenvalue weighted by molar-refractivity contribution is 7.99. The van der Waals surface area contributed by atoms with E-state index >= 15 is 0 Å². The fraction of sp³-hybridized carbons (Fsp3) is 0.0769. The average Bonchev–Trinajstić information content (AvgIpc) is 2.49. The first kappa shape index (κ1) is 14.9. The van der Waals surface area contributed by atoms with Crippen LogP contribution in [0.15, 0.2) is 40.3 Å². The third kappa shape index (κ3) is 3.54. The van der Waals surface area contributed by atoms with Crippen molar-refractivity contribution in [2.24, 2.45) is 0 Å². The Labute approximate surface area is 123 Å². The molecule has 6 nitrogen and oxygen atoms in total. The van der Waals surface area contributed by atoms with Crippen molar-refractivity contribution in [2.45, 2.75) is 9.92 Å². The van der Waals surface area contributed by atoms with Crippen molar-refractivity contribution < 1.29 is 19.1 Å². The van der Waals surface area contributed by atoms with Gasteiger partial charge in [0.15, 0.2) is 5.69 Å². The third-order valence-electron chi connectivity index (χ3n) is 2.49. The predicted molar refractivity (Wildman–Crippen MR) is 72.9 cm³/mol. The number of aromatic carboxylic acids is 1. The van der Waals surface area contributed by atoms with E-state index in [1.807, 2.05) is 0 Å². The molecule has 0 fully saturated rings. The lowest BCUT2D eigenvalue weighted by molar-refractivity contribution is 0.0696. The van der Waals surface area contributed by atoms with Crippen LogP contribution in [0.3, 0.4) is 0 Å². The number of carboxylic acids is 1. The molecule has 0 unspecified atom stereocenters. The Kier molecular flexibility index (Phi) is 4.49. The Balaban J connectivity index is 2.23. The lowest BCUT2D eigenvalue weighted by atomic mass is 10.2. The summed E-state index contributed by atoms with van der Waals surface area (Å²) < 4.78 is 13.7. The van der Waals surface area contributed by atoms with Crippen LogP contribution in [0.1, 0.15) is 20.8 Å². The van der Waals surface area contributed by atoms with Crippen LogP contribution in [0, 0.1) is 5.82 Å². The molecule has 0 atom stereocenters. The number of carboxylic acid groups (broad SMARTS) is 1. The van der Waals surface area contributed by atoms with Crippen LogP contribution in [0.4, 0.5) is 4.39 Å². The lowest BCUT2D eigenvalue weighted by Gasteiger charge is -2.04. The second-order valence-corrected chi connectivity index (χ2v) is 4.95. The predicted octanol–water partition coefficient (Wildman–Crippen LogP) is 1.82. The Morgan fingerprint density at radius 2 is 2.00 bits per heavy atom. The number of hydrogen-bond acceptors (Lipinski definition) is 5. The van der Waals surface area contributed by atoms with Crippen LogP contribution in [0.25, 0.3) is 0 Å². The van der Waals surface area contributed by atoms with Gasteiger partial charge in [-0.2, -0.15) is 0 Å². The molecule has 1 heterocycles. The number of nitrogens with zero attached hydrogens (tertiary/aromatic N) is 2. The monoisotopic (exact) mass is 307 g/mol. The quantitative estimate of drug-likeness (QED) is 0.895. The number of amides is 1. The smallest absolute Gasteiger partial charge is 0.335 e. The van der Waals surface area contributed by atoms with Crippen LogP contribution in [-0.2, 0) is 0 Å². The first-order valence-electron chi connectivity index (χ1n) is 5.78. The molecular weight excluding hydrogens is 297 g/mol. The van der Waals surface area contributed by atoms with Crippen molar-refractivity contribution in [2.75, 3.05) is 7.05 Å². The Hall–Kier alpha value is -2.48. The second kappa shape index (κ2) is 6.31. The summed E-state index contributed by atoms with van der Waals surface area (Å²) in [5.41, 5.74) is 0.121. The van der Waals surface area contributed by atoms with E-state index in [1.165, 1.54) is 31.3 Å². The zero-order chi connectivity index (χ0) is 15.4. The van der Waals surface area contributed by atoms with Crippen LogP contribution in [0.2, 0.25) is 0 Å². The minimum Gasteiger partial charge on any atom is -0.478 e. The number of carbonyl (C=O) groups excluding carboxylic acids is 1. The highest BCUT2D eigenvalue weighted by atomic mass is 32.2. The number of benzene rings is 1. The molecule has 0 bridgehead atoms. The van der Waals surface area contributed by atoms with Gasteiger partial charge in [0.1, 0.15) is 10.8 Å². The van der Waals surface area contributed by atoms with Crippen molar-refractivity contribution in [3.8, 4) is 0 Å². The Morgan fingerprint density at radius 1 is 1.24 bits per heavy atom. The largest absolute Gasteiger partial charge is 0.478 e. The molecule has 1 amide bonds. The third-order valence-corrected chi connectivity index (χ3v) is 3.45. The van der Waals surface area contributed by atoms with Gasteiger partial charge < -0.3 is 10.4 Å². The first-order chi connectivity index (χ1) is 10.0. The van der Waals surface area contributed by atoms with Gasteiger partial charge in [0, 0.05) is 7.05 Å². The zero-order valence-corrected chi connectivity index (χ0v) is 11.6. The van der Waals surface area contributed by atoms with Gasteiger partial charge in [-0.15, -0.1) is 10.2 Å². The normalized spacial score (nSPS) is 10.2. The molecule has 2 rings (SSSR count). The van der Waals surface area contributed by atoms with Gasteiger partial charge in [-0.25, -0.2) is 9.18 Å². The molecule has 108 valence electrons. The van der Waals surface area contributed by atoms with Crippen molar-refractivity contribution in [1.82, 2.24) is 15.5 Å². The van der Waals surface area contributed by atoms with Crippen LogP contribution in [-0.4, -0.2) is 34.2 Å². The van der Waals surface area contributed by atoms with Crippen molar-refractivity contribution in [3.05, 3.63) is 47.4 Å². The molecule has 0 saturated heterocycles. The highest BCUT2D eigenvalue weighted by Gasteiger charge is 2.11. The minimum absolute atomic E-state index is 0.0196. The molecule has 0 aliphatic heterocycles. The molecule has 1 aromatic carbocycles. The molecule has 2 N–H and O–H groups in total. The van der Waals surface area contributed by atoms with E-state index in [2.05, 4.69) is 15.5 Å². The standard InChI is InChI=1S/C13H10FN3O3S/c1-15-12(18)9-4-5-11(17-16-9)21-10-6-7(13(19)20)2-3-8(10)14/h2-6H,1H3,(H,15,18)(H,19,20). The number of aromatic nitrogens is 2. The summed E-state index contributed by atoms with van der Waals surface area (Å²) in [5, 5.41) is 19.2. The van der Waals surface area contributed by atoms with E-state index in [4.69, 9.17) is 5.11 Å². The van der Waals surface area contributed by atoms with Crippen LogP contribution < -0.4 is 5.32 Å². The maximum absolute atomic E-state index is 13.7. The summed E-state index contributed by atoms with van der Waals surface area (Å²) in [5.74, 6) is -2.07. The Morgan fingerprint density at radius 3 is 2.57 bits per heavy atom. The number of hydrogen-bond donors (Lipinski definition) is 2. The molecule has 0 spiro atoms. The fourth-order valence-electron chi connectivity index (χ4n) is 1.45. The zero-order valence-electron chi connectivity index (χ0n) is 10.8. The van der Waals surface area contributed by atoms with E-state index in [1.54, 1.807) is 0 Å². The van der Waals surface area contributed by atoms with Gasteiger partial charge in [0.25, 0.3) is 5.91 Å². The van der Waals surface area contributed by atoms with Gasteiger partial charge in [0.2, 0.25) is 0 Å².